The van der Waals surface area contributed by atoms with Gasteiger partial charge in [0.25, 0.3) is 0 Å². The maximum atomic E-state index is 3.76. The molecule has 1 aliphatic heterocycles. The number of thioether (sulfide) groups is 1. The summed E-state index contributed by atoms with van der Waals surface area (Å²) in [5.41, 5.74) is 3.01. The summed E-state index contributed by atoms with van der Waals surface area (Å²) in [4.78, 5) is 2.55. The van der Waals surface area contributed by atoms with Gasteiger partial charge in [0, 0.05) is 42.7 Å². The predicted octanol–water partition coefficient (Wildman–Crippen LogP) is 3.68. The predicted molar refractivity (Wildman–Crippen MR) is 90.3 cm³/mol. The summed E-state index contributed by atoms with van der Waals surface area (Å²) in [5, 5.41) is 3.76. The van der Waals surface area contributed by atoms with Gasteiger partial charge in [0.15, 0.2) is 0 Å². The lowest BCUT2D eigenvalue weighted by Gasteiger charge is -2.32. The Hall–Kier alpha value is -0.510. The molecule has 1 aromatic carbocycles. The van der Waals surface area contributed by atoms with Crippen molar-refractivity contribution in [1.29, 1.82) is 0 Å². The minimum absolute atomic E-state index is 0.520. The fraction of sp³-hybridized carbons (Fsp3) is 0.647. The van der Waals surface area contributed by atoms with E-state index < -0.39 is 0 Å². The van der Waals surface area contributed by atoms with Crippen LogP contribution in [-0.4, -0.2) is 35.8 Å². The highest BCUT2D eigenvalue weighted by Crippen LogP contribution is 2.31. The fourth-order valence-electron chi connectivity index (χ4n) is 3.03. The van der Waals surface area contributed by atoms with Crippen LogP contribution >= 0.6 is 11.8 Å². The quantitative estimate of drug-likeness (QED) is 0.861. The van der Waals surface area contributed by atoms with Gasteiger partial charge in [0.1, 0.15) is 0 Å². The van der Waals surface area contributed by atoms with Crippen LogP contribution in [0.4, 0.5) is 0 Å². The number of benzene rings is 1. The minimum Gasteiger partial charge on any atom is -0.308 e. The summed E-state index contributed by atoms with van der Waals surface area (Å²) < 4.78 is 0. The number of fused-ring (bicyclic) bond motifs is 1. The van der Waals surface area contributed by atoms with E-state index in [1.165, 1.54) is 22.6 Å². The molecule has 1 unspecified atom stereocenters. The molecule has 0 bridgehead atoms. The second-order valence-electron chi connectivity index (χ2n) is 6.15. The van der Waals surface area contributed by atoms with E-state index in [4.69, 9.17) is 0 Å². The molecule has 0 spiro atoms. The van der Waals surface area contributed by atoms with Crippen molar-refractivity contribution in [3.05, 3.63) is 35.4 Å². The van der Waals surface area contributed by atoms with E-state index in [2.05, 4.69) is 62.2 Å². The summed E-state index contributed by atoms with van der Waals surface area (Å²) in [6.45, 7) is 11.3. The molecule has 3 heteroatoms. The first-order chi connectivity index (χ1) is 9.59. The van der Waals surface area contributed by atoms with Crippen LogP contribution in [0.5, 0.6) is 0 Å². The van der Waals surface area contributed by atoms with Crippen LogP contribution in [0.25, 0.3) is 0 Å². The molecule has 0 saturated heterocycles. The number of hydrogen-bond acceptors (Lipinski definition) is 3. The highest BCUT2D eigenvalue weighted by molar-refractivity contribution is 7.98. The molecule has 0 aliphatic carbocycles. The molecule has 1 heterocycles. The number of nitrogens with zero attached hydrogens (tertiary/aromatic N) is 1. The van der Waals surface area contributed by atoms with Crippen LogP contribution in [-0.2, 0) is 5.75 Å². The van der Waals surface area contributed by atoms with Crippen molar-refractivity contribution < 1.29 is 0 Å². The van der Waals surface area contributed by atoms with Crippen molar-refractivity contribution in [2.45, 2.75) is 51.6 Å². The topological polar surface area (TPSA) is 15.3 Å². The van der Waals surface area contributed by atoms with Crippen LogP contribution in [0.2, 0.25) is 0 Å². The molecule has 1 N–H and O–H groups in total. The molecule has 2 nitrogen and oxygen atoms in total. The number of nitrogens with one attached hydrogen (secondary N) is 1. The van der Waals surface area contributed by atoms with E-state index in [9.17, 15) is 0 Å². The highest BCUT2D eigenvalue weighted by atomic mass is 32.2. The Bertz CT molecular complexity index is 409. The van der Waals surface area contributed by atoms with Gasteiger partial charge in [-0.3, -0.25) is 4.90 Å². The number of rotatable bonds is 6. The summed E-state index contributed by atoms with van der Waals surface area (Å²) in [6.07, 6.45) is 0. The van der Waals surface area contributed by atoms with Crippen molar-refractivity contribution >= 4 is 11.8 Å². The van der Waals surface area contributed by atoms with E-state index >= 15 is 0 Å². The molecule has 1 atom stereocenters. The molecule has 0 amide bonds. The van der Waals surface area contributed by atoms with E-state index in [0.717, 1.165) is 13.1 Å². The largest absolute Gasteiger partial charge is 0.308 e. The van der Waals surface area contributed by atoms with Crippen LogP contribution in [0.15, 0.2) is 24.3 Å². The zero-order valence-corrected chi connectivity index (χ0v) is 14.0. The Labute approximate surface area is 128 Å². The van der Waals surface area contributed by atoms with Crippen molar-refractivity contribution in [1.82, 2.24) is 10.2 Å². The standard InChI is InChI=1S/C17H28N2S/c1-13(2)19(14(3)4)10-9-18-17-12-20-11-15-7-5-6-8-16(15)17/h5-8,13-14,17-18H,9-12H2,1-4H3. The molecule has 0 saturated carbocycles. The van der Waals surface area contributed by atoms with E-state index in [1.807, 2.05) is 11.8 Å². The summed E-state index contributed by atoms with van der Waals surface area (Å²) in [5.74, 6) is 2.36. The summed E-state index contributed by atoms with van der Waals surface area (Å²) >= 11 is 2.04. The normalized spacial score (nSPS) is 18.9. The molecule has 0 fully saturated rings. The van der Waals surface area contributed by atoms with Gasteiger partial charge < -0.3 is 5.32 Å². The lowest BCUT2D eigenvalue weighted by atomic mass is 10.0. The third kappa shape index (κ3) is 4.00. The van der Waals surface area contributed by atoms with Gasteiger partial charge in [0.05, 0.1) is 0 Å². The Balaban J connectivity index is 1.89. The average molecular weight is 292 g/mol. The first-order valence-electron chi connectivity index (χ1n) is 7.74. The van der Waals surface area contributed by atoms with Crippen LogP contribution in [0, 0.1) is 0 Å². The van der Waals surface area contributed by atoms with Gasteiger partial charge in [-0.15, -0.1) is 0 Å². The van der Waals surface area contributed by atoms with E-state index in [0.29, 0.717) is 18.1 Å². The Morgan fingerprint density at radius 2 is 1.90 bits per heavy atom. The van der Waals surface area contributed by atoms with Crippen LogP contribution in [0.3, 0.4) is 0 Å². The van der Waals surface area contributed by atoms with Gasteiger partial charge in [-0.25, -0.2) is 0 Å². The van der Waals surface area contributed by atoms with Crippen LogP contribution < -0.4 is 5.32 Å². The van der Waals surface area contributed by atoms with Crippen molar-refractivity contribution in [2.75, 3.05) is 18.8 Å². The minimum atomic E-state index is 0.520. The molecule has 112 valence electrons. The maximum Gasteiger partial charge on any atom is 0.0415 e. The zero-order chi connectivity index (χ0) is 14.5. The molecule has 2 rings (SSSR count). The SMILES string of the molecule is CC(C)N(CCNC1CSCc2ccccc21)C(C)C. The Morgan fingerprint density at radius 3 is 2.60 bits per heavy atom. The summed E-state index contributed by atoms with van der Waals surface area (Å²) in [7, 11) is 0. The van der Waals surface area contributed by atoms with Crippen LogP contribution in [0.1, 0.15) is 44.9 Å². The molecule has 0 aromatic heterocycles. The van der Waals surface area contributed by atoms with Gasteiger partial charge in [-0.2, -0.15) is 11.8 Å². The summed E-state index contributed by atoms with van der Waals surface area (Å²) in [6, 6.07) is 10.6. The number of hydrogen-bond donors (Lipinski definition) is 1. The average Bonchev–Trinajstić information content (AvgIpc) is 2.42. The van der Waals surface area contributed by atoms with Gasteiger partial charge in [0.2, 0.25) is 0 Å². The maximum absolute atomic E-state index is 3.76. The second-order valence-corrected chi connectivity index (χ2v) is 7.18. The molecular formula is C17H28N2S. The van der Waals surface area contributed by atoms with Crippen molar-refractivity contribution in [3.8, 4) is 0 Å². The molecule has 1 aromatic rings. The first kappa shape index (κ1) is 15.9. The van der Waals surface area contributed by atoms with E-state index in [1.54, 1.807) is 0 Å². The molecular weight excluding hydrogens is 264 g/mol. The Kier molecular flexibility index (Phi) is 5.94. The second kappa shape index (κ2) is 7.48. The third-order valence-corrected chi connectivity index (χ3v) is 5.14. The lowest BCUT2D eigenvalue weighted by Crippen LogP contribution is -2.42. The third-order valence-electron chi connectivity index (χ3n) is 4.06. The monoisotopic (exact) mass is 292 g/mol. The van der Waals surface area contributed by atoms with Crippen molar-refractivity contribution in [3.63, 3.8) is 0 Å². The van der Waals surface area contributed by atoms with Gasteiger partial charge in [-0.05, 0) is 38.8 Å². The first-order valence-corrected chi connectivity index (χ1v) is 8.89. The highest BCUT2D eigenvalue weighted by Gasteiger charge is 2.20. The molecule has 1 aliphatic rings. The Morgan fingerprint density at radius 1 is 1.20 bits per heavy atom. The fourth-order valence-corrected chi connectivity index (χ4v) is 4.17. The van der Waals surface area contributed by atoms with Gasteiger partial charge >= 0.3 is 0 Å². The zero-order valence-electron chi connectivity index (χ0n) is 13.2. The van der Waals surface area contributed by atoms with Gasteiger partial charge in [-0.1, -0.05) is 24.3 Å². The smallest absolute Gasteiger partial charge is 0.0415 e. The van der Waals surface area contributed by atoms with Crippen molar-refractivity contribution in [2.24, 2.45) is 0 Å². The molecule has 0 radical (unpaired) electrons. The lowest BCUT2D eigenvalue weighted by molar-refractivity contribution is 0.174. The molecule has 20 heavy (non-hydrogen) atoms. The van der Waals surface area contributed by atoms with E-state index in [-0.39, 0.29) is 0 Å².